The molecule has 0 saturated heterocycles. The molecule has 0 fully saturated rings. The van der Waals surface area contributed by atoms with Crippen LogP contribution in [0.2, 0.25) is 0 Å². The van der Waals surface area contributed by atoms with Gasteiger partial charge in [-0.3, -0.25) is 4.79 Å². The van der Waals surface area contributed by atoms with Crippen LogP contribution in [-0.2, 0) is 0 Å². The number of nitrogens with two attached hydrogens (primary N) is 1. The summed E-state index contributed by atoms with van der Waals surface area (Å²) in [5.41, 5.74) is 3.87. The van der Waals surface area contributed by atoms with Crippen molar-refractivity contribution in [2.24, 2.45) is 5.73 Å². The molecule has 0 radical (unpaired) electrons. The van der Waals surface area contributed by atoms with Gasteiger partial charge in [0.05, 0.1) is 12.3 Å². The molecule has 0 aromatic carbocycles. The summed E-state index contributed by atoms with van der Waals surface area (Å²) in [6.45, 7) is 4.78. The Morgan fingerprint density at radius 3 is 1.92 bits per heavy atom. The molecule has 0 aromatic heterocycles. The van der Waals surface area contributed by atoms with Crippen molar-refractivity contribution in [3.8, 4) is 0 Å². The SMILES string of the molecule is CC(C)[P+](C)(C(=O)O)P(C)C(N)=O. The maximum absolute atomic E-state index is 11.1. The zero-order chi connectivity index (χ0) is 10.8. The van der Waals surface area contributed by atoms with Crippen molar-refractivity contribution >= 4 is 25.9 Å². The Bertz CT molecular complexity index is 232. The summed E-state index contributed by atoms with van der Waals surface area (Å²) in [5.74, 6) is 0. The standard InChI is InChI=1S/C7H15NO3P2/c1-5(2)13(4,7(10)11)12(3)6(8)9/h5H,1-4H3,(H2-,8,9,10,11)/p+1. The van der Waals surface area contributed by atoms with E-state index < -0.39 is 25.9 Å². The molecule has 0 aliphatic carbocycles. The minimum Gasteiger partial charge on any atom is -0.452 e. The minimum atomic E-state index is -2.25. The molecule has 0 aliphatic heterocycles. The van der Waals surface area contributed by atoms with E-state index in [4.69, 9.17) is 10.8 Å². The van der Waals surface area contributed by atoms with Crippen LogP contribution in [0.5, 0.6) is 0 Å². The van der Waals surface area contributed by atoms with Crippen molar-refractivity contribution < 1.29 is 14.7 Å². The lowest BCUT2D eigenvalue weighted by molar-refractivity contribution is 0.220. The van der Waals surface area contributed by atoms with Crippen LogP contribution in [0, 0.1) is 0 Å². The van der Waals surface area contributed by atoms with Gasteiger partial charge in [0, 0.05) is 6.66 Å². The molecule has 2 unspecified atom stereocenters. The Labute approximate surface area is 79.9 Å². The molecule has 0 saturated carbocycles. The van der Waals surface area contributed by atoms with Gasteiger partial charge >= 0.3 is 5.71 Å². The highest BCUT2D eigenvalue weighted by Gasteiger charge is 2.53. The lowest BCUT2D eigenvalue weighted by Gasteiger charge is -2.24. The van der Waals surface area contributed by atoms with Gasteiger partial charge in [-0.05, 0) is 13.8 Å². The summed E-state index contributed by atoms with van der Waals surface area (Å²) in [5, 5.41) is 9.08. The number of carbonyl (C=O) groups is 2. The zero-order valence-electron chi connectivity index (χ0n) is 8.31. The van der Waals surface area contributed by atoms with E-state index in [0.717, 1.165) is 0 Å². The lowest BCUT2D eigenvalue weighted by atomic mass is 10.6. The van der Waals surface area contributed by atoms with Crippen molar-refractivity contribution in [2.45, 2.75) is 19.5 Å². The van der Waals surface area contributed by atoms with E-state index in [9.17, 15) is 9.59 Å². The third-order valence-corrected chi connectivity index (χ3v) is 13.2. The molecule has 1 amide bonds. The van der Waals surface area contributed by atoms with Gasteiger partial charge in [-0.15, -0.1) is 0 Å². The average Bonchev–Trinajstić information content (AvgIpc) is 2.00. The van der Waals surface area contributed by atoms with Crippen molar-refractivity contribution in [3.05, 3.63) is 0 Å². The van der Waals surface area contributed by atoms with Gasteiger partial charge < -0.3 is 10.8 Å². The number of carbonyl (C=O) groups excluding carboxylic acids is 1. The number of hydrogen-bond donors (Lipinski definition) is 2. The summed E-state index contributed by atoms with van der Waals surface area (Å²) in [4.78, 5) is 22.0. The molecule has 0 spiro atoms. The van der Waals surface area contributed by atoms with Crippen LogP contribution in [0.25, 0.3) is 0 Å². The fraction of sp³-hybridized carbons (Fsp3) is 0.714. The molecule has 6 heteroatoms. The quantitative estimate of drug-likeness (QED) is 0.720. The van der Waals surface area contributed by atoms with Gasteiger partial charge in [0.25, 0.3) is 5.65 Å². The first-order valence-corrected chi connectivity index (χ1v) is 8.67. The first-order valence-electron chi connectivity index (χ1n) is 3.88. The third kappa shape index (κ3) is 2.38. The van der Waals surface area contributed by atoms with Crippen LogP contribution in [-0.4, -0.2) is 35.5 Å². The second kappa shape index (κ2) is 4.34. The summed E-state index contributed by atoms with van der Waals surface area (Å²) in [6.07, 6.45) is 0. The van der Waals surface area contributed by atoms with Crippen LogP contribution in [0.1, 0.15) is 13.8 Å². The molecule has 0 aromatic rings. The van der Waals surface area contributed by atoms with E-state index in [0.29, 0.717) is 0 Å². The highest BCUT2D eigenvalue weighted by Crippen LogP contribution is 2.83. The molecular formula is C7H16NO3P2+. The smallest absolute Gasteiger partial charge is 0.451 e. The summed E-state index contributed by atoms with van der Waals surface area (Å²) < 4.78 is 0. The number of carboxylic acid groups (broad SMARTS) is 1. The highest BCUT2D eigenvalue weighted by atomic mass is 32.1. The fourth-order valence-electron chi connectivity index (χ4n) is 0.900. The van der Waals surface area contributed by atoms with E-state index in [2.05, 4.69) is 0 Å². The molecule has 3 N–H and O–H groups in total. The zero-order valence-corrected chi connectivity index (χ0v) is 10.1. The highest BCUT2D eigenvalue weighted by molar-refractivity contribution is 8.50. The predicted molar refractivity (Wildman–Crippen MR) is 58.4 cm³/mol. The van der Waals surface area contributed by atoms with Gasteiger partial charge in [-0.25, -0.2) is 4.79 Å². The number of amides is 1. The molecule has 2 atom stereocenters. The van der Waals surface area contributed by atoms with E-state index >= 15 is 0 Å². The fourth-order valence-corrected chi connectivity index (χ4v) is 6.78. The number of primary amides is 1. The van der Waals surface area contributed by atoms with Gasteiger partial charge in [0.15, 0.2) is 14.6 Å². The summed E-state index contributed by atoms with van der Waals surface area (Å²) >= 11 is 0. The first kappa shape index (κ1) is 12.8. The van der Waals surface area contributed by atoms with E-state index in [1.54, 1.807) is 13.3 Å². The first-order chi connectivity index (χ1) is 5.74. The van der Waals surface area contributed by atoms with Crippen molar-refractivity contribution in [1.82, 2.24) is 0 Å². The summed E-state index contributed by atoms with van der Waals surface area (Å²) in [6, 6.07) is 0. The van der Waals surface area contributed by atoms with Crippen LogP contribution in [0.3, 0.4) is 0 Å². The molecule has 13 heavy (non-hydrogen) atoms. The average molecular weight is 224 g/mol. The monoisotopic (exact) mass is 224 g/mol. The normalized spacial score (nSPS) is 17.9. The predicted octanol–water partition coefficient (Wildman–Crippen LogP) is 2.83. The minimum absolute atomic E-state index is 0.00797. The molecule has 0 rings (SSSR count). The van der Waals surface area contributed by atoms with Crippen LogP contribution < -0.4 is 5.73 Å². The maximum atomic E-state index is 11.1. The van der Waals surface area contributed by atoms with Gasteiger partial charge in [-0.2, -0.15) is 0 Å². The molecule has 0 heterocycles. The topological polar surface area (TPSA) is 80.4 Å². The third-order valence-electron chi connectivity index (χ3n) is 2.33. The Hall–Kier alpha value is -0.200. The van der Waals surface area contributed by atoms with Crippen LogP contribution in [0.15, 0.2) is 0 Å². The largest absolute Gasteiger partial charge is 0.452 e. The van der Waals surface area contributed by atoms with Crippen molar-refractivity contribution in [2.75, 3.05) is 13.3 Å². The van der Waals surface area contributed by atoms with Crippen LogP contribution >= 0.6 is 14.6 Å². The Morgan fingerprint density at radius 2 is 1.85 bits per heavy atom. The molecule has 0 aliphatic rings. The van der Waals surface area contributed by atoms with E-state index in [1.165, 1.54) is 0 Å². The molecular weight excluding hydrogens is 208 g/mol. The molecule has 0 bridgehead atoms. The van der Waals surface area contributed by atoms with E-state index in [1.807, 2.05) is 13.8 Å². The van der Waals surface area contributed by atoms with Gasteiger partial charge in [0.1, 0.15) is 0 Å². The summed E-state index contributed by atoms with van der Waals surface area (Å²) in [7, 11) is -1.21. The van der Waals surface area contributed by atoms with Gasteiger partial charge in [-0.1, -0.05) is 0 Å². The van der Waals surface area contributed by atoms with Gasteiger partial charge in [0.2, 0.25) is 0 Å². The second-order valence-corrected chi connectivity index (χ2v) is 12.5. The van der Waals surface area contributed by atoms with E-state index in [-0.39, 0.29) is 5.66 Å². The second-order valence-electron chi connectivity index (χ2n) is 3.26. The van der Waals surface area contributed by atoms with Crippen molar-refractivity contribution in [1.29, 1.82) is 0 Å². The molecule has 76 valence electrons. The molecule has 4 nitrogen and oxygen atoms in total. The maximum Gasteiger partial charge on any atom is 0.451 e. The lowest BCUT2D eigenvalue weighted by Crippen LogP contribution is -2.17. The number of hydrogen-bond acceptors (Lipinski definition) is 2. The van der Waals surface area contributed by atoms with Crippen molar-refractivity contribution in [3.63, 3.8) is 0 Å². The van der Waals surface area contributed by atoms with Crippen LogP contribution in [0.4, 0.5) is 9.59 Å². The Balaban J connectivity index is 5.01. The Kier molecular flexibility index (Phi) is 4.28. The Morgan fingerprint density at radius 1 is 1.46 bits per heavy atom. The number of rotatable bonds is 4.